The van der Waals surface area contributed by atoms with Crippen LogP contribution in [0.15, 0.2) is 12.2 Å². The third kappa shape index (κ3) is 2.18. The summed E-state index contributed by atoms with van der Waals surface area (Å²) in [6.07, 6.45) is 1.49. The molecule has 0 spiro atoms. The summed E-state index contributed by atoms with van der Waals surface area (Å²) in [5.74, 6) is -0.798. The van der Waals surface area contributed by atoms with Crippen LogP contribution in [0.4, 0.5) is 13.2 Å². The zero-order valence-electron chi connectivity index (χ0n) is 8.33. The van der Waals surface area contributed by atoms with Crippen molar-refractivity contribution in [3.63, 3.8) is 0 Å². The molecule has 0 aromatic heterocycles. The number of hydrogen-bond donors (Lipinski definition) is 1. The molecule has 15 heavy (non-hydrogen) atoms. The fourth-order valence-corrected chi connectivity index (χ4v) is 2.37. The van der Waals surface area contributed by atoms with E-state index in [0.717, 1.165) is 13.3 Å². The molecule has 0 saturated heterocycles. The van der Waals surface area contributed by atoms with Gasteiger partial charge in [-0.25, -0.2) is 0 Å². The number of fused-ring (bicyclic) bond motifs is 2. The topological polar surface area (TPSA) is 20.2 Å². The Morgan fingerprint density at radius 3 is 2.27 bits per heavy atom. The van der Waals surface area contributed by atoms with Crippen molar-refractivity contribution in [2.24, 2.45) is 17.8 Å². The van der Waals surface area contributed by atoms with Gasteiger partial charge in [-0.2, -0.15) is 13.2 Å². The smallest absolute Gasteiger partial charge is 0.383 e. The van der Waals surface area contributed by atoms with E-state index in [9.17, 15) is 18.3 Å². The molecule has 83 valence electrons. The molecule has 0 heterocycles. The van der Waals surface area contributed by atoms with Crippen LogP contribution in [0.3, 0.4) is 0 Å². The van der Waals surface area contributed by atoms with Gasteiger partial charge in [-0.15, -0.1) is 17.9 Å². The van der Waals surface area contributed by atoms with Crippen molar-refractivity contribution in [1.29, 1.82) is 0 Å². The zero-order valence-corrected chi connectivity index (χ0v) is 11.2. The fourth-order valence-electron chi connectivity index (χ4n) is 2.37. The summed E-state index contributed by atoms with van der Waals surface area (Å²) in [6.45, 7) is 0.864. The van der Waals surface area contributed by atoms with Crippen molar-refractivity contribution in [1.82, 2.24) is 0 Å². The molecule has 4 atom stereocenters. The van der Waals surface area contributed by atoms with Crippen LogP contribution < -0.4 is 0 Å². The number of halogens is 3. The van der Waals surface area contributed by atoms with Crippen LogP contribution in [0, 0.1) is 24.2 Å². The van der Waals surface area contributed by atoms with Crippen molar-refractivity contribution >= 4 is 0 Å². The minimum absolute atomic E-state index is 0. The van der Waals surface area contributed by atoms with Crippen molar-refractivity contribution in [3.8, 4) is 0 Å². The van der Waals surface area contributed by atoms with E-state index in [0.29, 0.717) is 0 Å². The van der Waals surface area contributed by atoms with E-state index < -0.39 is 17.7 Å². The van der Waals surface area contributed by atoms with Crippen LogP contribution in [-0.2, 0) is 32.7 Å². The predicted molar refractivity (Wildman–Crippen MR) is 45.2 cm³/mol. The molecule has 0 aromatic rings. The summed E-state index contributed by atoms with van der Waals surface area (Å²) in [5.41, 5.74) is -2.59. The molecule has 0 amide bonds. The van der Waals surface area contributed by atoms with Crippen LogP contribution in [0.1, 0.15) is 13.3 Å². The monoisotopic (exact) mass is 294 g/mol. The van der Waals surface area contributed by atoms with Gasteiger partial charge in [0.2, 0.25) is 0 Å². The molecular formula is C10H12F3OY-. The molecule has 2 aliphatic rings. The first kappa shape index (κ1) is 13.7. The summed E-state index contributed by atoms with van der Waals surface area (Å²) >= 11 is 0. The van der Waals surface area contributed by atoms with E-state index >= 15 is 0 Å². The van der Waals surface area contributed by atoms with Gasteiger partial charge in [-0.05, 0) is 12.8 Å². The quantitative estimate of drug-likeness (QED) is 0.581. The zero-order chi connectivity index (χ0) is 10.6. The maximum Gasteiger partial charge on any atom is 0.414 e. The summed E-state index contributed by atoms with van der Waals surface area (Å²) in [4.78, 5) is 0. The second-order valence-corrected chi connectivity index (χ2v) is 4.31. The first-order valence-electron chi connectivity index (χ1n) is 4.65. The predicted octanol–water partition coefficient (Wildman–Crippen LogP) is 2.32. The van der Waals surface area contributed by atoms with E-state index in [1.54, 1.807) is 12.5 Å². The molecule has 5 heteroatoms. The standard InChI is InChI=1S/C10H12F3O.Y/c1-9(14,10(11,12)13)8-5-6-2-3-7(8)4-6;/h2-3,5-8,14H,4H2,1H3;/q-1;. The third-order valence-corrected chi connectivity index (χ3v) is 3.29. The molecule has 0 aromatic carbocycles. The number of aliphatic hydroxyl groups is 1. The molecule has 2 bridgehead atoms. The molecule has 1 nitrogen and oxygen atoms in total. The van der Waals surface area contributed by atoms with E-state index in [2.05, 4.69) is 0 Å². The Morgan fingerprint density at radius 2 is 1.93 bits per heavy atom. The van der Waals surface area contributed by atoms with Gasteiger partial charge in [0.05, 0.1) is 0 Å². The van der Waals surface area contributed by atoms with Crippen LogP contribution in [0.2, 0.25) is 0 Å². The van der Waals surface area contributed by atoms with Gasteiger partial charge in [-0.1, -0.05) is 12.5 Å². The Hall–Kier alpha value is 0.594. The summed E-state index contributed by atoms with van der Waals surface area (Å²) in [5, 5.41) is 9.48. The molecule has 1 fully saturated rings. The molecule has 2 rings (SSSR count). The Kier molecular flexibility index (Phi) is 3.75. The first-order valence-corrected chi connectivity index (χ1v) is 4.65. The van der Waals surface area contributed by atoms with Crippen LogP contribution in [-0.4, -0.2) is 16.9 Å². The largest absolute Gasteiger partial charge is 0.414 e. The van der Waals surface area contributed by atoms with Gasteiger partial charge in [0.15, 0.2) is 0 Å². The van der Waals surface area contributed by atoms with E-state index in [1.165, 1.54) is 0 Å². The first-order chi connectivity index (χ1) is 6.32. The molecular weight excluding hydrogens is 282 g/mol. The molecule has 2 aliphatic carbocycles. The minimum atomic E-state index is -4.55. The number of alkyl halides is 3. The van der Waals surface area contributed by atoms with Crippen molar-refractivity contribution in [2.75, 3.05) is 0 Å². The average Bonchev–Trinajstić information content (AvgIpc) is 2.61. The van der Waals surface area contributed by atoms with Gasteiger partial charge in [-0.3, -0.25) is 0 Å². The van der Waals surface area contributed by atoms with Gasteiger partial charge < -0.3 is 11.5 Å². The number of rotatable bonds is 1. The van der Waals surface area contributed by atoms with Crippen LogP contribution in [0.25, 0.3) is 0 Å². The Morgan fingerprint density at radius 1 is 1.33 bits per heavy atom. The van der Waals surface area contributed by atoms with Crippen molar-refractivity contribution < 1.29 is 51.0 Å². The minimum Gasteiger partial charge on any atom is -0.383 e. The average molecular weight is 294 g/mol. The molecule has 1 saturated carbocycles. The normalized spacial score (nSPS) is 37.5. The molecule has 0 aliphatic heterocycles. The van der Waals surface area contributed by atoms with E-state index in [1.807, 2.05) is 6.08 Å². The fraction of sp³-hybridized carbons (Fsp3) is 0.700. The maximum absolute atomic E-state index is 12.5. The number of allylic oxidation sites excluding steroid dienone is 2. The van der Waals surface area contributed by atoms with Crippen LogP contribution in [0.5, 0.6) is 0 Å². The van der Waals surface area contributed by atoms with Gasteiger partial charge >= 0.3 is 6.18 Å². The summed E-state index contributed by atoms with van der Waals surface area (Å²) in [7, 11) is 0. The summed E-state index contributed by atoms with van der Waals surface area (Å²) in [6, 6.07) is 0. The SMILES string of the molecule is CC(O)(C1[CH-]C2C=CC1C2)C(F)(F)F.[Y]. The second kappa shape index (κ2) is 4.12. The van der Waals surface area contributed by atoms with Gasteiger partial charge in [0.25, 0.3) is 0 Å². The Labute approximate surface area is 112 Å². The molecule has 4 unspecified atom stereocenters. The van der Waals surface area contributed by atoms with Crippen molar-refractivity contribution in [2.45, 2.75) is 25.1 Å². The second-order valence-electron chi connectivity index (χ2n) is 4.31. The Balaban J connectivity index is 0.00000112. The van der Waals surface area contributed by atoms with Gasteiger partial charge in [0.1, 0.15) is 5.60 Å². The molecule has 1 N–H and O–H groups in total. The summed E-state index contributed by atoms with van der Waals surface area (Å²) < 4.78 is 37.5. The number of hydrogen-bond acceptors (Lipinski definition) is 1. The van der Waals surface area contributed by atoms with E-state index in [4.69, 9.17) is 0 Å². The van der Waals surface area contributed by atoms with Gasteiger partial charge in [0, 0.05) is 32.7 Å². The van der Waals surface area contributed by atoms with Crippen LogP contribution >= 0.6 is 0 Å². The maximum atomic E-state index is 12.5. The Bertz CT molecular complexity index is 272. The van der Waals surface area contributed by atoms with Crippen molar-refractivity contribution in [3.05, 3.63) is 18.6 Å². The van der Waals surface area contributed by atoms with E-state index in [-0.39, 0.29) is 44.5 Å². The third-order valence-electron chi connectivity index (χ3n) is 3.29. The molecule has 1 radical (unpaired) electrons.